The zero-order valence-electron chi connectivity index (χ0n) is 15.9. The van der Waals surface area contributed by atoms with Crippen LogP contribution in [-0.4, -0.2) is 48.7 Å². The van der Waals surface area contributed by atoms with Gasteiger partial charge in [-0.2, -0.15) is 0 Å². The molecule has 2 atom stereocenters. The summed E-state index contributed by atoms with van der Waals surface area (Å²) >= 11 is 0. The Morgan fingerprint density at radius 2 is 2.19 bits per heavy atom. The molecule has 1 N–H and O–H groups in total. The molecule has 1 aliphatic rings. The molecule has 3 rings (SSSR count). The highest BCUT2D eigenvalue weighted by molar-refractivity contribution is 5.75. The Balaban J connectivity index is 1.62. The van der Waals surface area contributed by atoms with Crippen LogP contribution in [-0.2, 0) is 0 Å². The lowest BCUT2D eigenvalue weighted by atomic mass is 10.1. The number of halogens is 1. The number of aromatic nitrogens is 1. The first kappa shape index (κ1) is 18.9. The summed E-state index contributed by atoms with van der Waals surface area (Å²) in [6.07, 6.45) is 2.80. The van der Waals surface area contributed by atoms with E-state index in [-0.39, 0.29) is 23.9 Å². The van der Waals surface area contributed by atoms with Crippen LogP contribution in [0.3, 0.4) is 0 Å². The average molecular weight is 372 g/mol. The number of nitrogens with one attached hydrogen (secondary N) is 1. The molecule has 0 spiro atoms. The van der Waals surface area contributed by atoms with Crippen LogP contribution in [0.2, 0.25) is 0 Å². The highest BCUT2D eigenvalue weighted by atomic mass is 19.1. The SMILES string of the molecule is COc1cccc([C@@H](C)NC(=O)N2CCN(c3ccncc3F)C[C@H]2C)c1. The van der Waals surface area contributed by atoms with Gasteiger partial charge in [0.15, 0.2) is 5.82 Å². The van der Waals surface area contributed by atoms with Crippen LogP contribution in [0, 0.1) is 5.82 Å². The third-order valence-corrected chi connectivity index (χ3v) is 4.91. The molecule has 1 aromatic carbocycles. The van der Waals surface area contributed by atoms with Crippen LogP contribution in [0.25, 0.3) is 0 Å². The summed E-state index contributed by atoms with van der Waals surface area (Å²) in [5.41, 5.74) is 1.51. The maximum absolute atomic E-state index is 14.0. The van der Waals surface area contributed by atoms with Crippen LogP contribution in [0.1, 0.15) is 25.5 Å². The molecule has 6 nitrogen and oxygen atoms in total. The topological polar surface area (TPSA) is 57.7 Å². The van der Waals surface area contributed by atoms with Gasteiger partial charge in [-0.25, -0.2) is 9.18 Å². The second kappa shape index (κ2) is 8.24. The number of ether oxygens (including phenoxy) is 1. The van der Waals surface area contributed by atoms with Gasteiger partial charge >= 0.3 is 6.03 Å². The van der Waals surface area contributed by atoms with Crippen LogP contribution in [0.15, 0.2) is 42.7 Å². The molecule has 27 heavy (non-hydrogen) atoms. The molecule has 0 radical (unpaired) electrons. The summed E-state index contributed by atoms with van der Waals surface area (Å²) in [5, 5.41) is 3.04. The Morgan fingerprint density at radius 3 is 2.89 bits per heavy atom. The van der Waals surface area contributed by atoms with Crippen molar-refractivity contribution in [3.05, 3.63) is 54.1 Å². The van der Waals surface area contributed by atoms with E-state index >= 15 is 0 Å². The number of piperazine rings is 1. The molecule has 1 fully saturated rings. The van der Waals surface area contributed by atoms with Crippen molar-refractivity contribution in [1.29, 1.82) is 0 Å². The number of hydrogen-bond donors (Lipinski definition) is 1. The van der Waals surface area contributed by atoms with Crippen molar-refractivity contribution in [2.24, 2.45) is 0 Å². The largest absolute Gasteiger partial charge is 0.497 e. The average Bonchev–Trinajstić information content (AvgIpc) is 2.68. The first-order chi connectivity index (χ1) is 13.0. The predicted octanol–water partition coefficient (Wildman–Crippen LogP) is 3.21. The van der Waals surface area contributed by atoms with E-state index in [4.69, 9.17) is 4.74 Å². The van der Waals surface area contributed by atoms with E-state index in [2.05, 4.69) is 10.3 Å². The molecular formula is C20H25FN4O2. The number of pyridine rings is 1. The lowest BCUT2D eigenvalue weighted by Crippen LogP contribution is -2.57. The second-order valence-corrected chi connectivity index (χ2v) is 6.76. The first-order valence-corrected chi connectivity index (χ1v) is 9.05. The number of rotatable bonds is 4. The van der Waals surface area contributed by atoms with Crippen LogP contribution in [0.5, 0.6) is 5.75 Å². The fourth-order valence-electron chi connectivity index (χ4n) is 3.36. The number of carbonyl (C=O) groups is 1. The number of urea groups is 1. The minimum Gasteiger partial charge on any atom is -0.497 e. The van der Waals surface area contributed by atoms with Crippen molar-refractivity contribution in [1.82, 2.24) is 15.2 Å². The zero-order valence-corrected chi connectivity index (χ0v) is 15.9. The van der Waals surface area contributed by atoms with Gasteiger partial charge in [-0.3, -0.25) is 4.98 Å². The number of carbonyl (C=O) groups excluding carboxylic acids is 1. The number of nitrogens with zero attached hydrogens (tertiary/aromatic N) is 3. The van der Waals surface area contributed by atoms with E-state index in [0.29, 0.717) is 25.3 Å². The monoisotopic (exact) mass is 372 g/mol. The quantitative estimate of drug-likeness (QED) is 0.895. The molecule has 1 aliphatic heterocycles. The molecule has 2 amide bonds. The molecule has 2 heterocycles. The molecule has 2 aromatic rings. The van der Waals surface area contributed by atoms with Gasteiger partial charge in [0.1, 0.15) is 5.75 Å². The van der Waals surface area contributed by atoms with E-state index in [1.807, 2.05) is 43.0 Å². The number of methoxy groups -OCH3 is 1. The highest BCUT2D eigenvalue weighted by Crippen LogP contribution is 2.23. The molecule has 144 valence electrons. The fraction of sp³-hybridized carbons (Fsp3) is 0.400. The molecule has 0 bridgehead atoms. The number of hydrogen-bond acceptors (Lipinski definition) is 4. The Kier molecular flexibility index (Phi) is 5.78. The smallest absolute Gasteiger partial charge is 0.318 e. The maximum atomic E-state index is 14.0. The number of anilines is 1. The molecule has 7 heteroatoms. The predicted molar refractivity (Wildman–Crippen MR) is 103 cm³/mol. The van der Waals surface area contributed by atoms with Crippen LogP contribution in [0.4, 0.5) is 14.9 Å². The van der Waals surface area contributed by atoms with E-state index in [9.17, 15) is 9.18 Å². The normalized spacial score (nSPS) is 18.1. The fourth-order valence-corrected chi connectivity index (χ4v) is 3.36. The van der Waals surface area contributed by atoms with Crippen LogP contribution < -0.4 is 15.0 Å². The standard InChI is InChI=1S/C20H25FN4O2/c1-14-13-24(19-7-8-22-12-18(19)21)9-10-25(14)20(26)23-15(2)16-5-4-6-17(11-16)27-3/h4-8,11-12,14-15H,9-10,13H2,1-3H3,(H,23,26)/t14-,15-/m1/s1. The Labute approximate surface area is 158 Å². The van der Waals surface area contributed by atoms with Crippen molar-refractivity contribution in [2.45, 2.75) is 25.9 Å². The van der Waals surface area contributed by atoms with Crippen molar-refractivity contribution in [3.63, 3.8) is 0 Å². The number of amides is 2. The lowest BCUT2D eigenvalue weighted by Gasteiger charge is -2.41. The van der Waals surface area contributed by atoms with Gasteiger partial charge in [0, 0.05) is 31.9 Å². The molecule has 1 saturated heterocycles. The molecule has 0 saturated carbocycles. The lowest BCUT2D eigenvalue weighted by molar-refractivity contribution is 0.168. The van der Waals surface area contributed by atoms with Gasteiger partial charge in [-0.05, 0) is 37.6 Å². The van der Waals surface area contributed by atoms with Crippen molar-refractivity contribution in [3.8, 4) is 5.75 Å². The molecule has 0 unspecified atom stereocenters. The van der Waals surface area contributed by atoms with Gasteiger partial charge in [0.2, 0.25) is 0 Å². The molecule has 0 aliphatic carbocycles. The van der Waals surface area contributed by atoms with E-state index < -0.39 is 0 Å². The minimum absolute atomic E-state index is 0.0381. The highest BCUT2D eigenvalue weighted by Gasteiger charge is 2.29. The zero-order chi connectivity index (χ0) is 19.4. The molecule has 1 aromatic heterocycles. The first-order valence-electron chi connectivity index (χ1n) is 9.05. The van der Waals surface area contributed by atoms with E-state index in [0.717, 1.165) is 11.3 Å². The van der Waals surface area contributed by atoms with Gasteiger partial charge < -0.3 is 19.9 Å². The second-order valence-electron chi connectivity index (χ2n) is 6.76. The van der Waals surface area contributed by atoms with Crippen molar-refractivity contribution >= 4 is 11.7 Å². The van der Waals surface area contributed by atoms with Crippen LogP contribution >= 0.6 is 0 Å². The van der Waals surface area contributed by atoms with Gasteiger partial charge in [0.05, 0.1) is 25.0 Å². The third kappa shape index (κ3) is 4.30. The summed E-state index contributed by atoms with van der Waals surface area (Å²) in [4.78, 5) is 20.3. The van der Waals surface area contributed by atoms with E-state index in [1.165, 1.54) is 6.20 Å². The summed E-state index contributed by atoms with van der Waals surface area (Å²) < 4.78 is 19.2. The summed E-state index contributed by atoms with van der Waals surface area (Å²) in [6.45, 7) is 5.59. The van der Waals surface area contributed by atoms with Crippen molar-refractivity contribution < 1.29 is 13.9 Å². The van der Waals surface area contributed by atoms with Gasteiger partial charge in [-0.15, -0.1) is 0 Å². The third-order valence-electron chi connectivity index (χ3n) is 4.91. The van der Waals surface area contributed by atoms with E-state index in [1.54, 1.807) is 24.3 Å². The summed E-state index contributed by atoms with van der Waals surface area (Å²) in [6, 6.07) is 9.02. The van der Waals surface area contributed by atoms with Gasteiger partial charge in [-0.1, -0.05) is 12.1 Å². The van der Waals surface area contributed by atoms with Crippen molar-refractivity contribution in [2.75, 3.05) is 31.6 Å². The maximum Gasteiger partial charge on any atom is 0.318 e. The Bertz CT molecular complexity index is 801. The minimum atomic E-state index is -0.339. The Hall–Kier alpha value is -2.83. The molecular weight excluding hydrogens is 347 g/mol. The summed E-state index contributed by atoms with van der Waals surface area (Å²) in [5.74, 6) is 0.421. The number of benzene rings is 1. The Morgan fingerprint density at radius 1 is 1.37 bits per heavy atom. The summed E-state index contributed by atoms with van der Waals surface area (Å²) in [7, 11) is 1.62. The van der Waals surface area contributed by atoms with Gasteiger partial charge in [0.25, 0.3) is 0 Å².